The highest BCUT2D eigenvalue weighted by Gasteiger charge is 1.86. The van der Waals surface area contributed by atoms with E-state index in [0.29, 0.717) is 0 Å². The molecule has 0 aromatic carbocycles. The fourth-order valence-corrected chi connectivity index (χ4v) is 0.944. The van der Waals surface area contributed by atoms with Gasteiger partial charge >= 0.3 is 0 Å². The van der Waals surface area contributed by atoms with E-state index >= 15 is 0 Å². The van der Waals surface area contributed by atoms with Crippen molar-refractivity contribution in [2.75, 3.05) is 0 Å². The zero-order valence-electron chi connectivity index (χ0n) is 4.78. The summed E-state index contributed by atoms with van der Waals surface area (Å²) in [5.74, 6) is 0. The highest BCUT2D eigenvalue weighted by Crippen LogP contribution is 1.96. The minimum absolute atomic E-state index is 0.867. The Morgan fingerprint density at radius 2 is 2.43 bits per heavy atom. The maximum absolute atomic E-state index is 8.51. The first kappa shape index (κ1) is 6.92. The molecule has 0 bridgehead atoms. The molecule has 0 fully saturated rings. The average molecular weight is 116 g/mol. The second-order valence-corrected chi connectivity index (χ2v) is 2.97. The third kappa shape index (κ3) is 3.75. The third-order valence-corrected chi connectivity index (χ3v) is 1.63. The van der Waals surface area contributed by atoms with E-state index in [4.69, 9.17) is 4.80 Å². The first-order valence-corrected chi connectivity index (χ1v) is 3.92. The molecule has 0 aliphatic carbocycles. The quantitative estimate of drug-likeness (QED) is 0.528. The molecule has 0 spiro atoms. The molecule has 1 nitrogen and oxygen atoms in total. The van der Waals surface area contributed by atoms with Crippen LogP contribution in [0.15, 0.2) is 11.8 Å². The summed E-state index contributed by atoms with van der Waals surface area (Å²) < 4.78 is 0. The summed E-state index contributed by atoms with van der Waals surface area (Å²) in [6.45, 7) is 5.77. The maximum Gasteiger partial charge on any atom is 0.183 e. The first-order valence-electron chi connectivity index (χ1n) is 2.58. The van der Waals surface area contributed by atoms with Gasteiger partial charge in [0.15, 0.2) is 9.76 Å². The van der Waals surface area contributed by atoms with Gasteiger partial charge in [0.1, 0.15) is 0 Å². The summed E-state index contributed by atoms with van der Waals surface area (Å²) in [6.07, 6.45) is 2.13. The van der Waals surface area contributed by atoms with Crippen molar-refractivity contribution < 1.29 is 4.80 Å². The summed E-state index contributed by atoms with van der Waals surface area (Å²) in [7, 11) is -0.867. The van der Waals surface area contributed by atoms with E-state index in [1.54, 1.807) is 0 Å². The Balaban J connectivity index is 3.00. The Bertz CT molecular complexity index is 61.1. The molecule has 0 aliphatic rings. The SMILES string of the molecule is C=C(CCC)[SiH2]O. The van der Waals surface area contributed by atoms with E-state index in [0.717, 1.165) is 18.0 Å². The van der Waals surface area contributed by atoms with Crippen LogP contribution in [0.1, 0.15) is 19.8 Å². The molecular formula is C5H12OSi. The number of allylic oxidation sites excluding steroid dienone is 1. The standard InChI is InChI=1S/C5H12OSi/c1-3-4-5(2)7-6/h6H,2-4,7H2,1H3. The van der Waals surface area contributed by atoms with Gasteiger partial charge in [-0.15, -0.1) is 6.58 Å². The molecule has 42 valence electrons. The zero-order chi connectivity index (χ0) is 5.70. The summed E-state index contributed by atoms with van der Waals surface area (Å²) in [5, 5.41) is 1.07. The Labute approximate surface area is 47.0 Å². The highest BCUT2D eigenvalue weighted by atomic mass is 28.2. The largest absolute Gasteiger partial charge is 0.434 e. The van der Waals surface area contributed by atoms with Gasteiger partial charge in [-0.05, 0) is 6.42 Å². The summed E-state index contributed by atoms with van der Waals surface area (Å²) >= 11 is 0. The van der Waals surface area contributed by atoms with E-state index in [2.05, 4.69) is 13.5 Å². The van der Waals surface area contributed by atoms with Crippen molar-refractivity contribution in [3.63, 3.8) is 0 Å². The van der Waals surface area contributed by atoms with Gasteiger partial charge in [0.2, 0.25) is 0 Å². The number of hydrogen-bond donors (Lipinski definition) is 1. The van der Waals surface area contributed by atoms with Crippen LogP contribution in [0.25, 0.3) is 0 Å². The van der Waals surface area contributed by atoms with Crippen molar-refractivity contribution in [1.82, 2.24) is 0 Å². The highest BCUT2D eigenvalue weighted by molar-refractivity contribution is 6.35. The molecule has 0 rings (SSSR count). The average Bonchev–Trinajstić information content (AvgIpc) is 1.68. The molecular weight excluding hydrogens is 104 g/mol. The molecule has 0 heterocycles. The maximum atomic E-state index is 8.51. The molecule has 1 N–H and O–H groups in total. The van der Waals surface area contributed by atoms with Crippen LogP contribution >= 0.6 is 0 Å². The molecule has 0 atom stereocenters. The minimum Gasteiger partial charge on any atom is -0.434 e. The van der Waals surface area contributed by atoms with Crippen molar-refractivity contribution in [3.8, 4) is 0 Å². The van der Waals surface area contributed by atoms with Crippen LogP contribution < -0.4 is 0 Å². The summed E-state index contributed by atoms with van der Waals surface area (Å²) in [4.78, 5) is 8.51. The van der Waals surface area contributed by atoms with E-state index in [9.17, 15) is 0 Å². The van der Waals surface area contributed by atoms with Gasteiger partial charge in [0, 0.05) is 0 Å². The molecule has 0 radical (unpaired) electrons. The minimum atomic E-state index is -0.867. The monoisotopic (exact) mass is 116 g/mol. The Morgan fingerprint density at radius 3 is 2.57 bits per heavy atom. The topological polar surface area (TPSA) is 20.2 Å². The molecule has 0 saturated heterocycles. The van der Waals surface area contributed by atoms with Crippen LogP contribution in [0.5, 0.6) is 0 Å². The van der Waals surface area contributed by atoms with E-state index in [1.165, 1.54) is 0 Å². The lowest BCUT2D eigenvalue weighted by atomic mass is 10.3. The van der Waals surface area contributed by atoms with Gasteiger partial charge in [-0.25, -0.2) is 0 Å². The smallest absolute Gasteiger partial charge is 0.183 e. The predicted octanol–water partition coefficient (Wildman–Crippen LogP) is 0.376. The first-order chi connectivity index (χ1) is 3.31. The molecule has 2 heteroatoms. The zero-order valence-corrected chi connectivity index (χ0v) is 6.19. The van der Waals surface area contributed by atoms with Crippen molar-refractivity contribution in [3.05, 3.63) is 11.8 Å². The van der Waals surface area contributed by atoms with Gasteiger partial charge in [-0.3, -0.25) is 0 Å². The predicted molar refractivity (Wildman–Crippen MR) is 34.8 cm³/mol. The molecule has 0 saturated carbocycles. The molecule has 0 aromatic heterocycles. The Kier molecular flexibility index (Phi) is 4.04. The summed E-state index contributed by atoms with van der Waals surface area (Å²) in [6, 6.07) is 0. The van der Waals surface area contributed by atoms with Crippen molar-refractivity contribution >= 4 is 9.76 Å². The fourth-order valence-electron chi connectivity index (χ4n) is 0.433. The van der Waals surface area contributed by atoms with Crippen LogP contribution in [0.2, 0.25) is 0 Å². The van der Waals surface area contributed by atoms with Crippen LogP contribution in [0.3, 0.4) is 0 Å². The molecule has 0 unspecified atom stereocenters. The van der Waals surface area contributed by atoms with Crippen LogP contribution in [0.4, 0.5) is 0 Å². The summed E-state index contributed by atoms with van der Waals surface area (Å²) in [5.41, 5.74) is 0. The lowest BCUT2D eigenvalue weighted by molar-refractivity contribution is 0.607. The van der Waals surface area contributed by atoms with Crippen LogP contribution in [-0.4, -0.2) is 14.6 Å². The number of hydrogen-bond acceptors (Lipinski definition) is 1. The Hall–Kier alpha value is -0.0831. The van der Waals surface area contributed by atoms with Gasteiger partial charge in [-0.1, -0.05) is 18.5 Å². The van der Waals surface area contributed by atoms with Crippen molar-refractivity contribution in [2.45, 2.75) is 19.8 Å². The molecule has 0 amide bonds. The normalized spacial score (nSPS) is 10.6. The fraction of sp³-hybridized carbons (Fsp3) is 0.600. The third-order valence-electron chi connectivity index (χ3n) is 0.827. The van der Waals surface area contributed by atoms with Gasteiger partial charge < -0.3 is 4.80 Å². The lowest BCUT2D eigenvalue weighted by Crippen LogP contribution is -1.90. The van der Waals surface area contributed by atoms with Gasteiger partial charge in [0.05, 0.1) is 0 Å². The molecule has 0 aliphatic heterocycles. The second kappa shape index (κ2) is 4.09. The van der Waals surface area contributed by atoms with E-state index in [1.807, 2.05) is 0 Å². The van der Waals surface area contributed by atoms with Gasteiger partial charge in [-0.2, -0.15) is 0 Å². The van der Waals surface area contributed by atoms with Crippen molar-refractivity contribution in [1.29, 1.82) is 0 Å². The van der Waals surface area contributed by atoms with E-state index in [-0.39, 0.29) is 0 Å². The Morgan fingerprint density at radius 1 is 1.86 bits per heavy atom. The van der Waals surface area contributed by atoms with Crippen LogP contribution in [-0.2, 0) is 0 Å². The van der Waals surface area contributed by atoms with Gasteiger partial charge in [0.25, 0.3) is 0 Å². The van der Waals surface area contributed by atoms with Crippen molar-refractivity contribution in [2.24, 2.45) is 0 Å². The second-order valence-electron chi connectivity index (χ2n) is 1.66. The number of rotatable bonds is 3. The lowest BCUT2D eigenvalue weighted by Gasteiger charge is -1.92. The van der Waals surface area contributed by atoms with E-state index < -0.39 is 9.76 Å². The molecule has 7 heavy (non-hydrogen) atoms. The molecule has 0 aromatic rings. The van der Waals surface area contributed by atoms with Crippen LogP contribution in [0, 0.1) is 0 Å².